The Hall–Kier alpha value is -3.82. The van der Waals surface area contributed by atoms with Gasteiger partial charge in [-0.25, -0.2) is 0 Å². The summed E-state index contributed by atoms with van der Waals surface area (Å²) in [4.78, 5) is 5.02. The molecule has 6 nitrogen and oxygen atoms in total. The molecule has 3 aromatic carbocycles. The van der Waals surface area contributed by atoms with Gasteiger partial charge >= 0.3 is 0 Å². The van der Waals surface area contributed by atoms with E-state index in [0.717, 1.165) is 33.8 Å². The van der Waals surface area contributed by atoms with Crippen LogP contribution >= 0.6 is 0 Å². The zero-order valence-corrected chi connectivity index (χ0v) is 32.0. The first-order valence-corrected chi connectivity index (χ1v) is 16.9. The molecule has 2 N–H and O–H groups in total. The number of nitriles is 1. The van der Waals surface area contributed by atoms with E-state index >= 15 is 0 Å². The van der Waals surface area contributed by atoms with Crippen LogP contribution in [0.4, 0.5) is 0 Å². The van der Waals surface area contributed by atoms with E-state index in [1.807, 2.05) is 6.92 Å². The Morgan fingerprint density at radius 3 is 1.38 bits per heavy atom. The third-order valence-electron chi connectivity index (χ3n) is 9.12. The Morgan fingerprint density at radius 1 is 0.708 bits per heavy atom. The molecular formula is C42H58N2O4. The number of ether oxygens (including phenoxy) is 2. The number of phenolic OH excluding ortho intramolecular Hbond substituents is 1. The molecule has 0 heterocycles. The lowest BCUT2D eigenvalue weighted by atomic mass is 9.70. The van der Waals surface area contributed by atoms with E-state index in [0.29, 0.717) is 28.7 Å². The molecule has 3 rings (SSSR count). The number of phenols is 1. The monoisotopic (exact) mass is 654 g/mol. The molecule has 0 aliphatic rings. The van der Waals surface area contributed by atoms with E-state index in [1.165, 1.54) is 6.07 Å². The second kappa shape index (κ2) is 13.6. The summed E-state index contributed by atoms with van der Waals surface area (Å²) in [5.74, 6) is 1.65. The third kappa shape index (κ3) is 7.73. The lowest BCUT2D eigenvalue weighted by Gasteiger charge is -2.40. The number of aliphatic hydroxyl groups is 1. The number of aromatic hydroxyl groups is 1. The van der Waals surface area contributed by atoms with Crippen molar-refractivity contribution in [2.75, 3.05) is 14.2 Å². The molecule has 0 aliphatic heterocycles. The number of benzene rings is 3. The predicted octanol–water partition coefficient (Wildman–Crippen LogP) is 9.60. The van der Waals surface area contributed by atoms with Crippen LogP contribution in [-0.2, 0) is 27.3 Å². The average molecular weight is 655 g/mol. The van der Waals surface area contributed by atoms with Crippen molar-refractivity contribution < 1.29 is 19.7 Å². The molecular weight excluding hydrogens is 596 g/mol. The van der Waals surface area contributed by atoms with Gasteiger partial charge in [0.2, 0.25) is 0 Å². The van der Waals surface area contributed by atoms with Crippen LogP contribution in [0.5, 0.6) is 17.2 Å². The van der Waals surface area contributed by atoms with E-state index in [4.69, 9.17) is 14.5 Å². The fourth-order valence-electron chi connectivity index (χ4n) is 6.32. The van der Waals surface area contributed by atoms with Crippen molar-refractivity contribution in [2.24, 2.45) is 4.99 Å². The van der Waals surface area contributed by atoms with Gasteiger partial charge in [-0.2, -0.15) is 5.26 Å². The van der Waals surface area contributed by atoms with Crippen LogP contribution in [0.25, 0.3) is 0 Å². The van der Waals surface area contributed by atoms with Crippen molar-refractivity contribution in [3.05, 3.63) is 87.0 Å². The molecule has 1 atom stereocenters. The topological polar surface area (TPSA) is 95.1 Å². The minimum atomic E-state index is -1.62. The van der Waals surface area contributed by atoms with Crippen molar-refractivity contribution in [2.45, 2.75) is 130 Å². The Balaban J connectivity index is 2.62. The largest absolute Gasteiger partial charge is 0.507 e. The number of aliphatic imine (C=N–C) groups is 1. The predicted molar refractivity (Wildman–Crippen MR) is 198 cm³/mol. The third-order valence-corrected chi connectivity index (χ3v) is 9.12. The number of nitrogens with zero attached hydrogens (tertiary/aromatic N) is 2. The van der Waals surface area contributed by atoms with Crippen LogP contribution in [0.1, 0.15) is 141 Å². The van der Waals surface area contributed by atoms with Crippen molar-refractivity contribution in [3.8, 4) is 23.3 Å². The van der Waals surface area contributed by atoms with Crippen LogP contribution in [0.2, 0.25) is 0 Å². The normalized spacial score (nSPS) is 13.8. The SMILES string of the molecule is CCC(N=Cc1cc(C#N)ccc1O)C(O)(c1cc(C(C)(C)C)c(OC)c(C(C)(C)C)c1)c1cc(C(C)(C)C)c(OC)c(C(C)(C)C)c1. The first kappa shape index (κ1) is 38.6. The number of rotatable bonds is 8. The summed E-state index contributed by atoms with van der Waals surface area (Å²) >= 11 is 0. The number of hydrogen-bond acceptors (Lipinski definition) is 6. The molecule has 0 radical (unpaired) electrons. The first-order valence-electron chi connectivity index (χ1n) is 16.9. The van der Waals surface area contributed by atoms with E-state index in [2.05, 4.69) is 113 Å². The van der Waals surface area contributed by atoms with Gasteiger partial charge < -0.3 is 19.7 Å². The van der Waals surface area contributed by atoms with Crippen molar-refractivity contribution in [1.82, 2.24) is 0 Å². The summed E-state index contributed by atoms with van der Waals surface area (Å²) in [6.07, 6.45) is 2.06. The van der Waals surface area contributed by atoms with Gasteiger partial charge in [0.25, 0.3) is 0 Å². The molecule has 0 aromatic heterocycles. The minimum absolute atomic E-state index is 0.0140. The minimum Gasteiger partial charge on any atom is -0.507 e. The molecule has 6 heteroatoms. The van der Waals surface area contributed by atoms with Gasteiger partial charge in [-0.15, -0.1) is 0 Å². The lowest BCUT2D eigenvalue weighted by molar-refractivity contribution is 0.0507. The highest BCUT2D eigenvalue weighted by atomic mass is 16.5. The fourth-order valence-corrected chi connectivity index (χ4v) is 6.32. The van der Waals surface area contributed by atoms with Crippen LogP contribution in [-0.4, -0.2) is 36.7 Å². The molecule has 260 valence electrons. The maximum atomic E-state index is 13.6. The molecule has 48 heavy (non-hydrogen) atoms. The Bertz CT molecular complexity index is 1550. The van der Waals surface area contributed by atoms with Crippen LogP contribution in [0.15, 0.2) is 47.5 Å². The van der Waals surface area contributed by atoms with Crippen molar-refractivity contribution in [3.63, 3.8) is 0 Å². The van der Waals surface area contributed by atoms with Gasteiger partial charge in [-0.05, 0) is 81.7 Å². The summed E-state index contributed by atoms with van der Waals surface area (Å²) in [6.45, 7) is 27.9. The standard InChI is InChI=1S/C42H58N2O4/c1-16-35(44-25-27-19-26(24-43)17-18-34(27)45)42(46,28-20-30(38(2,3)4)36(47-14)31(21-28)39(5,6)7)29-22-32(40(8,9)10)37(48-15)33(23-29)41(11,12)13/h17-23,25,35,45-46H,16H2,1-15H3. The van der Waals surface area contributed by atoms with Crippen LogP contribution in [0, 0.1) is 11.3 Å². The van der Waals surface area contributed by atoms with E-state index < -0.39 is 11.6 Å². The number of hydrogen-bond donors (Lipinski definition) is 2. The molecule has 0 fully saturated rings. The highest BCUT2D eigenvalue weighted by Gasteiger charge is 2.44. The lowest BCUT2D eigenvalue weighted by Crippen LogP contribution is -2.41. The van der Waals surface area contributed by atoms with Gasteiger partial charge in [0.1, 0.15) is 22.8 Å². The number of methoxy groups -OCH3 is 2. The van der Waals surface area contributed by atoms with E-state index in [1.54, 1.807) is 32.6 Å². The van der Waals surface area contributed by atoms with Crippen molar-refractivity contribution >= 4 is 6.21 Å². The Morgan fingerprint density at radius 2 is 1.08 bits per heavy atom. The molecule has 0 saturated heterocycles. The Labute approximate surface area is 289 Å². The highest BCUT2D eigenvalue weighted by molar-refractivity contribution is 5.84. The summed E-state index contributed by atoms with van der Waals surface area (Å²) in [6, 6.07) is 14.5. The van der Waals surface area contributed by atoms with Crippen LogP contribution in [0.3, 0.4) is 0 Å². The quantitative estimate of drug-likeness (QED) is 0.236. The average Bonchev–Trinajstić information content (AvgIpc) is 2.98. The van der Waals surface area contributed by atoms with Gasteiger partial charge in [0.15, 0.2) is 0 Å². The summed E-state index contributed by atoms with van der Waals surface area (Å²) in [5.41, 5.74) is 3.38. The highest BCUT2D eigenvalue weighted by Crippen LogP contribution is 2.49. The molecule has 0 saturated carbocycles. The zero-order chi connectivity index (χ0) is 36.6. The molecule has 3 aromatic rings. The van der Waals surface area contributed by atoms with Gasteiger partial charge in [0.05, 0.1) is 31.9 Å². The fraction of sp³-hybridized carbons (Fsp3) is 0.524. The second-order valence-corrected chi connectivity index (χ2v) is 17.1. The van der Waals surface area contributed by atoms with E-state index in [-0.39, 0.29) is 27.4 Å². The smallest absolute Gasteiger partial charge is 0.137 e. The van der Waals surface area contributed by atoms with E-state index in [9.17, 15) is 15.5 Å². The maximum Gasteiger partial charge on any atom is 0.137 e. The summed E-state index contributed by atoms with van der Waals surface area (Å²) in [7, 11) is 3.42. The first-order chi connectivity index (χ1) is 21.9. The molecule has 0 bridgehead atoms. The molecule has 0 amide bonds. The molecule has 0 spiro atoms. The summed E-state index contributed by atoms with van der Waals surface area (Å²) in [5, 5.41) is 33.8. The van der Waals surface area contributed by atoms with Gasteiger partial charge in [-0.1, -0.05) is 90.0 Å². The Kier molecular flexibility index (Phi) is 10.9. The second-order valence-electron chi connectivity index (χ2n) is 17.1. The zero-order valence-electron chi connectivity index (χ0n) is 32.0. The van der Waals surface area contributed by atoms with Gasteiger partial charge in [0, 0.05) is 34.0 Å². The van der Waals surface area contributed by atoms with Crippen LogP contribution < -0.4 is 9.47 Å². The van der Waals surface area contributed by atoms with Gasteiger partial charge in [-0.3, -0.25) is 4.99 Å². The maximum absolute atomic E-state index is 13.6. The molecule has 0 aliphatic carbocycles. The summed E-state index contributed by atoms with van der Waals surface area (Å²) < 4.78 is 12.2. The van der Waals surface area contributed by atoms with Crippen molar-refractivity contribution in [1.29, 1.82) is 5.26 Å². The molecule has 1 unspecified atom stereocenters.